The molecule has 1 aromatic rings. The molecule has 1 amide bonds. The molecule has 0 radical (unpaired) electrons. The maximum Gasteiger partial charge on any atom is 0.244 e. The van der Waals surface area contributed by atoms with E-state index in [0.29, 0.717) is 18.1 Å². The molecule has 1 heterocycles. The predicted molar refractivity (Wildman–Crippen MR) is 73.9 cm³/mol. The lowest BCUT2D eigenvalue weighted by Crippen LogP contribution is -2.56. The lowest BCUT2D eigenvalue weighted by Gasteiger charge is -2.39. The summed E-state index contributed by atoms with van der Waals surface area (Å²) in [6.45, 7) is 4.79. The Morgan fingerprint density at radius 3 is 2.89 bits per heavy atom. The molecule has 98 valence electrons. The molecule has 5 heteroatoms. The highest BCUT2D eigenvalue weighted by molar-refractivity contribution is 6.30. The number of anilines is 1. The smallest absolute Gasteiger partial charge is 0.244 e. The molecular weight excluding hydrogens is 250 g/mol. The zero-order valence-electron chi connectivity index (χ0n) is 10.5. The quantitative estimate of drug-likeness (QED) is 0.899. The summed E-state index contributed by atoms with van der Waals surface area (Å²) < 4.78 is 0. The van der Waals surface area contributed by atoms with Crippen molar-refractivity contribution >= 4 is 23.2 Å². The molecule has 2 N–H and O–H groups in total. The summed E-state index contributed by atoms with van der Waals surface area (Å²) >= 11 is 5.96. The molecule has 1 aliphatic rings. The number of nitrogens with zero attached hydrogens (tertiary/aromatic N) is 2. The van der Waals surface area contributed by atoms with E-state index in [0.717, 1.165) is 18.8 Å². The number of carbonyl (C=O) groups excluding carboxylic acids is 1. The zero-order valence-corrected chi connectivity index (χ0v) is 11.2. The topological polar surface area (TPSA) is 49.6 Å². The average Bonchev–Trinajstić information content (AvgIpc) is 2.35. The van der Waals surface area contributed by atoms with Gasteiger partial charge in [-0.2, -0.15) is 0 Å². The highest BCUT2D eigenvalue weighted by Gasteiger charge is 2.31. The second-order valence-corrected chi connectivity index (χ2v) is 4.91. The van der Waals surface area contributed by atoms with Gasteiger partial charge in [0.05, 0.1) is 6.04 Å². The predicted octanol–water partition coefficient (Wildman–Crippen LogP) is 1.34. The summed E-state index contributed by atoms with van der Waals surface area (Å²) in [6.07, 6.45) is 0. The summed E-state index contributed by atoms with van der Waals surface area (Å²) in [5.41, 5.74) is 6.42. The van der Waals surface area contributed by atoms with E-state index in [2.05, 4.69) is 4.90 Å². The fraction of sp³-hybridized carbons (Fsp3) is 0.462. The van der Waals surface area contributed by atoms with Crippen molar-refractivity contribution in [1.82, 2.24) is 4.90 Å². The first-order valence-electron chi connectivity index (χ1n) is 6.14. The number of benzene rings is 1. The van der Waals surface area contributed by atoms with Gasteiger partial charge < -0.3 is 10.6 Å². The van der Waals surface area contributed by atoms with Crippen molar-refractivity contribution in [2.45, 2.75) is 13.0 Å². The third-order valence-corrected chi connectivity index (χ3v) is 3.55. The third-order valence-electron chi connectivity index (χ3n) is 3.32. The maximum atomic E-state index is 12.3. The van der Waals surface area contributed by atoms with Crippen molar-refractivity contribution in [1.29, 1.82) is 0 Å². The molecule has 1 unspecified atom stereocenters. The molecule has 0 bridgehead atoms. The van der Waals surface area contributed by atoms with Crippen LogP contribution in [0.4, 0.5) is 5.69 Å². The van der Waals surface area contributed by atoms with Crippen LogP contribution in [0.25, 0.3) is 0 Å². The van der Waals surface area contributed by atoms with Crippen LogP contribution in [0.15, 0.2) is 24.3 Å². The van der Waals surface area contributed by atoms with Crippen molar-refractivity contribution in [2.24, 2.45) is 5.73 Å². The normalized spacial score (nSPS) is 21.4. The van der Waals surface area contributed by atoms with Crippen LogP contribution < -0.4 is 10.6 Å². The first kappa shape index (κ1) is 13.3. The monoisotopic (exact) mass is 267 g/mol. The molecular formula is C13H18ClN3O. The Labute approximate surface area is 112 Å². The van der Waals surface area contributed by atoms with E-state index >= 15 is 0 Å². The van der Waals surface area contributed by atoms with Gasteiger partial charge in [0, 0.05) is 36.9 Å². The van der Waals surface area contributed by atoms with Crippen molar-refractivity contribution in [2.75, 3.05) is 31.1 Å². The van der Waals surface area contributed by atoms with E-state index in [1.54, 1.807) is 4.90 Å². The van der Waals surface area contributed by atoms with Crippen LogP contribution in [0.3, 0.4) is 0 Å². The number of hydrogen-bond acceptors (Lipinski definition) is 3. The van der Waals surface area contributed by atoms with Gasteiger partial charge in [-0.15, -0.1) is 0 Å². The maximum absolute atomic E-state index is 12.3. The van der Waals surface area contributed by atoms with Gasteiger partial charge in [0.15, 0.2) is 0 Å². The third kappa shape index (κ3) is 2.66. The molecule has 0 aromatic heterocycles. The largest absolute Gasteiger partial charge is 0.329 e. The molecule has 4 nitrogen and oxygen atoms in total. The van der Waals surface area contributed by atoms with Gasteiger partial charge in [-0.05, 0) is 25.1 Å². The van der Waals surface area contributed by atoms with Crippen molar-refractivity contribution in [3.05, 3.63) is 29.3 Å². The lowest BCUT2D eigenvalue weighted by atomic mass is 10.1. The van der Waals surface area contributed by atoms with E-state index in [9.17, 15) is 4.79 Å². The Bertz CT molecular complexity index is 438. The van der Waals surface area contributed by atoms with Crippen LogP contribution in [0.2, 0.25) is 5.02 Å². The fourth-order valence-electron chi connectivity index (χ4n) is 2.29. The van der Waals surface area contributed by atoms with Crippen molar-refractivity contribution in [3.8, 4) is 0 Å². The number of hydrogen-bond donors (Lipinski definition) is 1. The Kier molecular flexibility index (Phi) is 4.22. The van der Waals surface area contributed by atoms with E-state index in [4.69, 9.17) is 17.3 Å². The van der Waals surface area contributed by atoms with Crippen LogP contribution in [0.1, 0.15) is 6.92 Å². The number of rotatable bonds is 3. The van der Waals surface area contributed by atoms with Crippen molar-refractivity contribution in [3.63, 3.8) is 0 Å². The molecule has 1 aromatic carbocycles. The Morgan fingerprint density at radius 2 is 2.22 bits per heavy atom. The van der Waals surface area contributed by atoms with Crippen LogP contribution in [-0.2, 0) is 4.79 Å². The molecule has 1 aliphatic heterocycles. The summed E-state index contributed by atoms with van der Waals surface area (Å²) in [5, 5.41) is 0.650. The molecule has 0 spiro atoms. The summed E-state index contributed by atoms with van der Waals surface area (Å²) in [4.78, 5) is 16.2. The van der Waals surface area contributed by atoms with E-state index in [1.165, 1.54) is 0 Å². The van der Waals surface area contributed by atoms with Crippen LogP contribution in [0, 0.1) is 0 Å². The molecule has 0 aliphatic carbocycles. The number of amides is 1. The van der Waals surface area contributed by atoms with E-state index in [1.807, 2.05) is 31.2 Å². The molecule has 1 fully saturated rings. The number of carbonyl (C=O) groups is 1. The molecule has 18 heavy (non-hydrogen) atoms. The van der Waals surface area contributed by atoms with Gasteiger partial charge in [0.2, 0.25) is 5.91 Å². The number of halogens is 1. The van der Waals surface area contributed by atoms with Gasteiger partial charge in [0.1, 0.15) is 0 Å². The highest BCUT2D eigenvalue weighted by Crippen LogP contribution is 2.23. The Balaban J connectivity index is 2.15. The summed E-state index contributed by atoms with van der Waals surface area (Å²) in [6, 6.07) is 7.28. The van der Waals surface area contributed by atoms with Gasteiger partial charge in [-0.1, -0.05) is 17.7 Å². The van der Waals surface area contributed by atoms with Crippen LogP contribution >= 0.6 is 11.6 Å². The second kappa shape index (κ2) is 5.69. The number of nitrogens with two attached hydrogens (primary N) is 1. The van der Waals surface area contributed by atoms with E-state index in [-0.39, 0.29) is 11.9 Å². The van der Waals surface area contributed by atoms with Crippen molar-refractivity contribution < 1.29 is 4.79 Å². The fourth-order valence-corrected chi connectivity index (χ4v) is 2.47. The zero-order chi connectivity index (χ0) is 13.1. The summed E-state index contributed by atoms with van der Waals surface area (Å²) in [7, 11) is 0. The SMILES string of the molecule is CC1C(=O)N(c2cccc(Cl)c2)CCN1CCN. The van der Waals surface area contributed by atoms with Gasteiger partial charge in [-0.3, -0.25) is 9.69 Å². The first-order chi connectivity index (χ1) is 8.63. The molecule has 1 saturated heterocycles. The second-order valence-electron chi connectivity index (χ2n) is 4.47. The standard InChI is InChI=1S/C13H18ClN3O/c1-10-13(18)17(8-7-16(10)6-5-15)12-4-2-3-11(14)9-12/h2-4,9-10H,5-8,15H2,1H3. The number of piperazine rings is 1. The minimum absolute atomic E-state index is 0.108. The molecule has 2 rings (SSSR count). The van der Waals surface area contributed by atoms with Crippen LogP contribution in [0.5, 0.6) is 0 Å². The Morgan fingerprint density at radius 1 is 1.44 bits per heavy atom. The van der Waals surface area contributed by atoms with Crippen LogP contribution in [-0.4, -0.2) is 43.0 Å². The van der Waals surface area contributed by atoms with E-state index < -0.39 is 0 Å². The Hall–Kier alpha value is -1.10. The minimum Gasteiger partial charge on any atom is -0.329 e. The molecule has 1 atom stereocenters. The first-order valence-corrected chi connectivity index (χ1v) is 6.52. The summed E-state index contributed by atoms with van der Waals surface area (Å²) in [5.74, 6) is 0.108. The lowest BCUT2D eigenvalue weighted by molar-refractivity contribution is -0.125. The highest BCUT2D eigenvalue weighted by atomic mass is 35.5. The molecule has 0 saturated carbocycles. The average molecular weight is 268 g/mol. The van der Waals surface area contributed by atoms with Gasteiger partial charge >= 0.3 is 0 Å². The van der Waals surface area contributed by atoms with Gasteiger partial charge in [-0.25, -0.2) is 0 Å². The minimum atomic E-state index is -0.124. The van der Waals surface area contributed by atoms with Gasteiger partial charge in [0.25, 0.3) is 0 Å².